The minimum atomic E-state index is -0.388. The summed E-state index contributed by atoms with van der Waals surface area (Å²) in [7, 11) is 3.97. The number of hydrogen-bond donors (Lipinski definition) is 1. The lowest BCUT2D eigenvalue weighted by atomic mass is 9.91. The minimum Gasteiger partial charge on any atom is -0.391 e. The summed E-state index contributed by atoms with van der Waals surface area (Å²) in [5.41, 5.74) is 1.18. The fraction of sp³-hybridized carbons (Fsp3) is 0.333. The summed E-state index contributed by atoms with van der Waals surface area (Å²) in [6, 6.07) is 14.4. The van der Waals surface area contributed by atoms with E-state index in [2.05, 4.69) is 23.6 Å². The van der Waals surface area contributed by atoms with Crippen molar-refractivity contribution in [1.82, 2.24) is 4.90 Å². The Morgan fingerprint density at radius 1 is 1.11 bits per heavy atom. The van der Waals surface area contributed by atoms with Crippen LogP contribution in [-0.4, -0.2) is 36.8 Å². The van der Waals surface area contributed by atoms with Crippen LogP contribution in [0, 0.1) is 0 Å². The zero-order valence-corrected chi connectivity index (χ0v) is 11.6. The standard InChI is InChI=1S/C15H19NOS/c1-16(2)11-13(17)15(14-9-6-10-18-14)12-7-4-3-5-8-12/h3-10,13,15,17H,11H2,1-2H3. The van der Waals surface area contributed by atoms with Gasteiger partial charge >= 0.3 is 0 Å². The number of hydrogen-bond acceptors (Lipinski definition) is 3. The smallest absolute Gasteiger partial charge is 0.0783 e. The molecule has 0 aliphatic heterocycles. The molecule has 0 aliphatic carbocycles. The van der Waals surface area contributed by atoms with Crippen LogP contribution < -0.4 is 0 Å². The van der Waals surface area contributed by atoms with Crippen molar-refractivity contribution in [2.75, 3.05) is 20.6 Å². The van der Waals surface area contributed by atoms with Crippen LogP contribution in [0.2, 0.25) is 0 Å². The number of rotatable bonds is 5. The minimum absolute atomic E-state index is 0.0635. The molecule has 0 amide bonds. The van der Waals surface area contributed by atoms with Crippen molar-refractivity contribution in [3.8, 4) is 0 Å². The summed E-state index contributed by atoms with van der Waals surface area (Å²) in [5, 5.41) is 12.5. The molecular weight excluding hydrogens is 242 g/mol. The highest BCUT2D eigenvalue weighted by atomic mass is 32.1. The molecular formula is C15H19NOS. The van der Waals surface area contributed by atoms with Gasteiger partial charge in [-0.05, 0) is 31.1 Å². The second-order valence-electron chi connectivity index (χ2n) is 4.73. The van der Waals surface area contributed by atoms with Gasteiger partial charge in [-0.1, -0.05) is 36.4 Å². The quantitative estimate of drug-likeness (QED) is 0.894. The zero-order valence-electron chi connectivity index (χ0n) is 10.8. The number of likely N-dealkylation sites (N-methyl/N-ethyl adjacent to an activating group) is 1. The molecule has 1 N–H and O–H groups in total. The normalized spacial score (nSPS) is 14.7. The number of aliphatic hydroxyl groups excluding tert-OH is 1. The second kappa shape index (κ2) is 6.14. The van der Waals surface area contributed by atoms with Gasteiger partial charge in [0, 0.05) is 17.3 Å². The maximum absolute atomic E-state index is 10.5. The first-order valence-corrected chi connectivity index (χ1v) is 6.97. The highest BCUT2D eigenvalue weighted by Gasteiger charge is 2.24. The molecule has 2 nitrogen and oxygen atoms in total. The maximum atomic E-state index is 10.5. The number of aliphatic hydroxyl groups is 1. The third-order valence-electron chi connectivity index (χ3n) is 2.95. The van der Waals surface area contributed by atoms with Gasteiger partial charge in [-0.15, -0.1) is 11.3 Å². The molecule has 0 saturated heterocycles. The Labute approximate surface area is 113 Å². The Morgan fingerprint density at radius 3 is 2.39 bits per heavy atom. The van der Waals surface area contributed by atoms with Crippen molar-refractivity contribution in [2.45, 2.75) is 12.0 Å². The SMILES string of the molecule is CN(C)CC(O)C(c1ccccc1)c1cccs1. The van der Waals surface area contributed by atoms with E-state index in [4.69, 9.17) is 0 Å². The van der Waals surface area contributed by atoms with Gasteiger partial charge in [0.15, 0.2) is 0 Å². The topological polar surface area (TPSA) is 23.5 Å². The van der Waals surface area contributed by atoms with E-state index in [0.29, 0.717) is 6.54 Å². The molecule has 96 valence electrons. The average molecular weight is 261 g/mol. The lowest BCUT2D eigenvalue weighted by Crippen LogP contribution is -2.31. The van der Waals surface area contributed by atoms with Crippen LogP contribution in [0.25, 0.3) is 0 Å². The molecule has 0 spiro atoms. The summed E-state index contributed by atoms with van der Waals surface area (Å²) in [6.07, 6.45) is -0.388. The van der Waals surface area contributed by atoms with Crippen molar-refractivity contribution < 1.29 is 5.11 Å². The highest BCUT2D eigenvalue weighted by Crippen LogP contribution is 2.31. The molecule has 0 saturated carbocycles. The molecule has 1 aromatic heterocycles. The van der Waals surface area contributed by atoms with Crippen molar-refractivity contribution in [3.05, 3.63) is 58.3 Å². The van der Waals surface area contributed by atoms with Crippen LogP contribution in [-0.2, 0) is 0 Å². The molecule has 2 unspecified atom stereocenters. The Balaban J connectivity index is 2.29. The summed E-state index contributed by atoms with van der Waals surface area (Å²) >= 11 is 1.70. The van der Waals surface area contributed by atoms with Gasteiger partial charge < -0.3 is 10.0 Å². The molecule has 2 rings (SSSR count). The Morgan fingerprint density at radius 2 is 1.83 bits per heavy atom. The van der Waals surface area contributed by atoms with E-state index in [1.807, 2.05) is 43.3 Å². The van der Waals surface area contributed by atoms with E-state index in [1.165, 1.54) is 10.4 Å². The second-order valence-corrected chi connectivity index (χ2v) is 5.71. The Hall–Kier alpha value is -1.16. The Kier molecular flexibility index (Phi) is 4.53. The van der Waals surface area contributed by atoms with Crippen LogP contribution in [0.3, 0.4) is 0 Å². The van der Waals surface area contributed by atoms with Gasteiger partial charge in [-0.3, -0.25) is 0 Å². The van der Waals surface area contributed by atoms with Gasteiger partial charge in [0.2, 0.25) is 0 Å². The van der Waals surface area contributed by atoms with Crippen molar-refractivity contribution >= 4 is 11.3 Å². The predicted molar refractivity (Wildman–Crippen MR) is 77.2 cm³/mol. The van der Waals surface area contributed by atoms with E-state index in [9.17, 15) is 5.11 Å². The largest absolute Gasteiger partial charge is 0.391 e. The Bertz CT molecular complexity index is 453. The molecule has 1 heterocycles. The number of benzene rings is 1. The van der Waals surface area contributed by atoms with Crippen LogP contribution in [0.1, 0.15) is 16.4 Å². The van der Waals surface area contributed by atoms with E-state index < -0.39 is 0 Å². The highest BCUT2D eigenvalue weighted by molar-refractivity contribution is 7.10. The molecule has 0 radical (unpaired) electrons. The van der Waals surface area contributed by atoms with Crippen molar-refractivity contribution in [2.24, 2.45) is 0 Å². The summed E-state index contributed by atoms with van der Waals surface area (Å²) in [5.74, 6) is 0.0635. The lowest BCUT2D eigenvalue weighted by Gasteiger charge is -2.25. The molecule has 1 aromatic carbocycles. The van der Waals surface area contributed by atoms with Crippen LogP contribution in [0.15, 0.2) is 47.8 Å². The molecule has 2 atom stereocenters. The molecule has 18 heavy (non-hydrogen) atoms. The molecule has 2 aromatic rings. The first-order valence-electron chi connectivity index (χ1n) is 6.09. The van der Waals surface area contributed by atoms with Crippen LogP contribution in [0.4, 0.5) is 0 Å². The fourth-order valence-corrected chi connectivity index (χ4v) is 3.10. The van der Waals surface area contributed by atoms with Gasteiger partial charge in [-0.25, -0.2) is 0 Å². The van der Waals surface area contributed by atoms with E-state index in [0.717, 1.165) is 0 Å². The van der Waals surface area contributed by atoms with Gasteiger partial charge in [0.05, 0.1) is 6.10 Å². The van der Waals surface area contributed by atoms with E-state index >= 15 is 0 Å². The molecule has 0 bridgehead atoms. The monoisotopic (exact) mass is 261 g/mol. The summed E-state index contributed by atoms with van der Waals surface area (Å²) in [4.78, 5) is 3.24. The van der Waals surface area contributed by atoms with Gasteiger partial charge in [-0.2, -0.15) is 0 Å². The van der Waals surface area contributed by atoms with Gasteiger partial charge in [0.1, 0.15) is 0 Å². The summed E-state index contributed by atoms with van der Waals surface area (Å²) in [6.45, 7) is 0.664. The van der Waals surface area contributed by atoms with E-state index in [1.54, 1.807) is 11.3 Å². The number of nitrogens with zero attached hydrogens (tertiary/aromatic N) is 1. The van der Waals surface area contributed by atoms with E-state index in [-0.39, 0.29) is 12.0 Å². The van der Waals surface area contributed by atoms with Crippen LogP contribution >= 0.6 is 11.3 Å². The average Bonchev–Trinajstić information content (AvgIpc) is 2.83. The van der Waals surface area contributed by atoms with Gasteiger partial charge in [0.25, 0.3) is 0 Å². The van der Waals surface area contributed by atoms with Crippen LogP contribution in [0.5, 0.6) is 0 Å². The first kappa shape index (κ1) is 13.3. The molecule has 0 aliphatic rings. The molecule has 0 fully saturated rings. The summed E-state index contributed by atoms with van der Waals surface area (Å²) < 4.78 is 0. The third-order valence-corrected chi connectivity index (χ3v) is 3.90. The van der Waals surface area contributed by atoms with Crippen molar-refractivity contribution in [3.63, 3.8) is 0 Å². The number of thiophene rings is 1. The lowest BCUT2D eigenvalue weighted by molar-refractivity contribution is 0.122. The fourth-order valence-electron chi connectivity index (χ4n) is 2.18. The zero-order chi connectivity index (χ0) is 13.0. The molecule has 3 heteroatoms. The maximum Gasteiger partial charge on any atom is 0.0783 e. The van der Waals surface area contributed by atoms with Crippen molar-refractivity contribution in [1.29, 1.82) is 0 Å². The third kappa shape index (κ3) is 3.19. The predicted octanol–water partition coefficient (Wildman–Crippen LogP) is 2.80. The first-order chi connectivity index (χ1) is 8.68.